The molecule has 0 unspecified atom stereocenters. The van der Waals surface area contributed by atoms with Gasteiger partial charge in [-0.15, -0.1) is 0 Å². The van der Waals surface area contributed by atoms with E-state index in [9.17, 15) is 0 Å². The number of nitrogens with zero attached hydrogens (tertiary/aromatic N) is 1. The molecule has 0 amide bonds. The van der Waals surface area contributed by atoms with Crippen molar-refractivity contribution < 1.29 is 9.55 Å². The van der Waals surface area contributed by atoms with Crippen LogP contribution in [0.4, 0.5) is 0 Å². The molecule has 1 N–H and O–H groups in total. The number of aromatic nitrogens is 2. The first-order chi connectivity index (χ1) is 13.3. The maximum absolute atomic E-state index is 3.42. The van der Waals surface area contributed by atoms with Crippen LogP contribution in [0.2, 0.25) is 0 Å². The van der Waals surface area contributed by atoms with Gasteiger partial charge in [0.25, 0.3) is 0 Å². The molecule has 0 saturated heterocycles. The van der Waals surface area contributed by atoms with Crippen molar-refractivity contribution in [3.8, 4) is 0 Å². The van der Waals surface area contributed by atoms with Gasteiger partial charge < -0.3 is 0 Å². The van der Waals surface area contributed by atoms with Crippen LogP contribution >= 0.6 is 0 Å². The van der Waals surface area contributed by atoms with Crippen LogP contribution in [0.15, 0.2) is 0 Å². The van der Waals surface area contributed by atoms with E-state index in [1.165, 1.54) is 62.6 Å². The van der Waals surface area contributed by atoms with E-state index >= 15 is 0 Å². The second-order valence-electron chi connectivity index (χ2n) is 9.75. The third kappa shape index (κ3) is 6.65. The van der Waals surface area contributed by atoms with Crippen LogP contribution in [0, 0.1) is 74.1 Å². The van der Waals surface area contributed by atoms with E-state index < -0.39 is 0 Å². The quantitative estimate of drug-likeness (QED) is 0.493. The lowest BCUT2D eigenvalue weighted by atomic mass is 9.93. The summed E-state index contributed by atoms with van der Waals surface area (Å²) in [5.74, 6) is 1.43. The predicted octanol–water partition coefficient (Wildman–Crippen LogP) is 6.74. The monoisotopic (exact) mass is 414 g/mol. The molecule has 0 aliphatic heterocycles. The number of aromatic amines is 1. The van der Waals surface area contributed by atoms with E-state index in [0.717, 1.165) is 12.5 Å². The van der Waals surface area contributed by atoms with Gasteiger partial charge in [0.05, 0.1) is 0 Å². The Kier molecular flexibility index (Phi) is 11.0. The summed E-state index contributed by atoms with van der Waals surface area (Å²) in [6.45, 7) is 30.1. The van der Waals surface area contributed by atoms with Crippen LogP contribution in [-0.4, -0.2) is 0 Å². The maximum Gasteiger partial charge on any atom is 0.181 e. The summed E-state index contributed by atoms with van der Waals surface area (Å²) in [5.41, 5.74) is 14.2. The standard InChI is InChI=1S/C14H24N.C13H21N.CH4/c1-9(2)8-15-13(6)11(4)10(3)12(5)14(15)7;1-8(2)7-13-9(3)11(5)14-12(6)10(13)4;/h9H,8H2,1-7H3;8H,7H2,1-6H3;1H4/q+1;;/p+1. The zero-order chi connectivity index (χ0) is 22.6. The zero-order valence-electron chi connectivity index (χ0n) is 21.5. The Morgan fingerprint density at radius 2 is 1.00 bits per heavy atom. The molecule has 0 aromatic carbocycles. The molecular formula is C28H50N2+2. The van der Waals surface area contributed by atoms with Gasteiger partial charge in [-0.25, -0.2) is 4.98 Å². The molecule has 0 radical (unpaired) electrons. The molecular weight excluding hydrogens is 364 g/mol. The average molecular weight is 415 g/mol. The number of H-pyrrole nitrogens is 1. The van der Waals surface area contributed by atoms with E-state index in [1.54, 1.807) is 0 Å². The first-order valence-electron chi connectivity index (χ1n) is 11.2. The molecule has 0 aliphatic rings. The molecule has 0 saturated carbocycles. The molecule has 0 bridgehead atoms. The molecule has 0 fully saturated rings. The van der Waals surface area contributed by atoms with E-state index in [1.807, 2.05) is 0 Å². The van der Waals surface area contributed by atoms with Gasteiger partial charge in [-0.2, -0.15) is 4.57 Å². The van der Waals surface area contributed by atoms with Crippen molar-refractivity contribution in [2.75, 3.05) is 0 Å². The Hall–Kier alpha value is -1.70. The second kappa shape index (κ2) is 11.6. The summed E-state index contributed by atoms with van der Waals surface area (Å²) in [5, 5.41) is 0. The SMILES string of the molecule is C.Cc1[nH+]c(C)c(C)c(CC(C)C)c1C.Cc1c(C)c(C)[n+](CC(C)C)c(C)c1C. The highest BCUT2D eigenvalue weighted by Crippen LogP contribution is 2.20. The highest BCUT2D eigenvalue weighted by molar-refractivity contribution is 5.35. The minimum Gasteiger partial charge on any atom is -0.213 e. The van der Waals surface area contributed by atoms with Crippen molar-refractivity contribution in [2.45, 2.75) is 110 Å². The van der Waals surface area contributed by atoms with Crippen LogP contribution in [0.3, 0.4) is 0 Å². The molecule has 2 nitrogen and oxygen atoms in total. The number of nitrogens with one attached hydrogen (secondary N) is 1. The summed E-state index contributed by atoms with van der Waals surface area (Å²) < 4.78 is 2.46. The Labute approximate surface area is 188 Å². The summed E-state index contributed by atoms with van der Waals surface area (Å²) in [4.78, 5) is 3.42. The van der Waals surface area contributed by atoms with Gasteiger partial charge in [0, 0.05) is 55.9 Å². The first-order valence-corrected chi connectivity index (χ1v) is 11.2. The molecule has 2 aromatic heterocycles. The van der Waals surface area contributed by atoms with Crippen molar-refractivity contribution in [1.82, 2.24) is 0 Å². The van der Waals surface area contributed by atoms with Crippen LogP contribution in [0.5, 0.6) is 0 Å². The lowest BCUT2D eigenvalue weighted by Crippen LogP contribution is -2.44. The van der Waals surface area contributed by atoms with E-state index in [4.69, 9.17) is 0 Å². The predicted molar refractivity (Wildman–Crippen MR) is 132 cm³/mol. The molecule has 170 valence electrons. The molecule has 2 heterocycles. The van der Waals surface area contributed by atoms with Gasteiger partial charge in [0.2, 0.25) is 0 Å². The van der Waals surface area contributed by atoms with Crippen molar-refractivity contribution in [3.63, 3.8) is 0 Å². The molecule has 0 spiro atoms. The minimum absolute atomic E-state index is 0. The summed E-state index contributed by atoms with van der Waals surface area (Å²) >= 11 is 0. The number of pyridine rings is 2. The zero-order valence-corrected chi connectivity index (χ0v) is 21.5. The van der Waals surface area contributed by atoms with Crippen molar-refractivity contribution in [2.24, 2.45) is 11.8 Å². The van der Waals surface area contributed by atoms with Gasteiger partial charge in [-0.05, 0) is 58.1 Å². The Bertz CT molecular complexity index is 803. The van der Waals surface area contributed by atoms with Crippen LogP contribution in [0.1, 0.15) is 91.3 Å². The number of hydrogen-bond acceptors (Lipinski definition) is 0. The van der Waals surface area contributed by atoms with E-state index in [-0.39, 0.29) is 7.43 Å². The van der Waals surface area contributed by atoms with Crippen molar-refractivity contribution in [1.29, 1.82) is 0 Å². The fraction of sp³-hybridized carbons (Fsp3) is 0.643. The molecule has 0 aliphatic carbocycles. The van der Waals surface area contributed by atoms with Gasteiger partial charge in [0.15, 0.2) is 29.3 Å². The third-order valence-corrected chi connectivity index (χ3v) is 6.59. The van der Waals surface area contributed by atoms with Crippen molar-refractivity contribution in [3.05, 3.63) is 56.2 Å². The van der Waals surface area contributed by atoms with Gasteiger partial charge >= 0.3 is 0 Å². The number of hydrogen-bond donors (Lipinski definition) is 0. The fourth-order valence-electron chi connectivity index (χ4n) is 4.04. The molecule has 0 atom stereocenters. The lowest BCUT2D eigenvalue weighted by Gasteiger charge is -2.13. The smallest absolute Gasteiger partial charge is 0.181 e. The summed E-state index contributed by atoms with van der Waals surface area (Å²) in [7, 11) is 0. The number of rotatable bonds is 4. The van der Waals surface area contributed by atoms with Crippen LogP contribution in [0.25, 0.3) is 0 Å². The van der Waals surface area contributed by atoms with Crippen LogP contribution < -0.4 is 9.55 Å². The highest BCUT2D eigenvalue weighted by Gasteiger charge is 2.20. The molecule has 2 rings (SSSR count). The Balaban J connectivity index is 0.000000544. The topological polar surface area (TPSA) is 18.0 Å². The Morgan fingerprint density at radius 1 is 0.600 bits per heavy atom. The lowest BCUT2D eigenvalue weighted by molar-refractivity contribution is -0.714. The summed E-state index contributed by atoms with van der Waals surface area (Å²) in [6, 6.07) is 0. The van der Waals surface area contributed by atoms with Gasteiger partial charge in [0.1, 0.15) is 0 Å². The highest BCUT2D eigenvalue weighted by atomic mass is 15.0. The van der Waals surface area contributed by atoms with E-state index in [0.29, 0.717) is 5.92 Å². The summed E-state index contributed by atoms with van der Waals surface area (Å²) in [6.07, 6.45) is 1.19. The molecule has 30 heavy (non-hydrogen) atoms. The fourth-order valence-corrected chi connectivity index (χ4v) is 4.04. The average Bonchev–Trinajstić information content (AvgIpc) is 2.64. The van der Waals surface area contributed by atoms with Crippen molar-refractivity contribution >= 4 is 0 Å². The largest absolute Gasteiger partial charge is 0.213 e. The Morgan fingerprint density at radius 3 is 1.33 bits per heavy atom. The van der Waals surface area contributed by atoms with Crippen LogP contribution in [-0.2, 0) is 13.0 Å². The third-order valence-electron chi connectivity index (χ3n) is 6.59. The second-order valence-corrected chi connectivity index (χ2v) is 9.75. The van der Waals surface area contributed by atoms with Gasteiger partial charge in [-0.1, -0.05) is 35.1 Å². The number of aryl methyl sites for hydroxylation is 2. The normalized spacial score (nSPS) is 10.8. The first kappa shape index (κ1) is 28.3. The molecule has 2 aromatic rings. The van der Waals surface area contributed by atoms with E-state index in [2.05, 4.69) is 99.6 Å². The van der Waals surface area contributed by atoms with Gasteiger partial charge in [-0.3, -0.25) is 0 Å². The molecule has 2 heteroatoms. The maximum atomic E-state index is 3.42. The minimum atomic E-state index is 0.